The van der Waals surface area contributed by atoms with Gasteiger partial charge in [-0.3, -0.25) is 33.8 Å². The number of nitrogens with zero attached hydrogens (tertiary/aromatic N) is 4. The number of carboxylic acids is 1. The number of carbonyl (C=O) groups is 5. The highest BCUT2D eigenvalue weighted by atomic mass is 16.4. The molecule has 7 N–H and O–H groups in total. The third-order valence-electron chi connectivity index (χ3n) is 7.88. The molecule has 1 amide bonds. The van der Waals surface area contributed by atoms with E-state index in [0.717, 1.165) is 5.56 Å². The number of guanidine groups is 1. The van der Waals surface area contributed by atoms with Crippen LogP contribution >= 0.6 is 0 Å². The summed E-state index contributed by atoms with van der Waals surface area (Å²) in [4.78, 5) is 93.0. The van der Waals surface area contributed by atoms with Crippen molar-refractivity contribution in [3.8, 4) is 0 Å². The van der Waals surface area contributed by atoms with Crippen molar-refractivity contribution in [3.63, 3.8) is 0 Å². The number of aryl methyl sites for hydroxylation is 3. The monoisotopic (exact) mass is 676 g/mol. The van der Waals surface area contributed by atoms with Crippen molar-refractivity contribution in [1.82, 2.24) is 25.3 Å². The van der Waals surface area contributed by atoms with Crippen molar-refractivity contribution >= 4 is 46.3 Å². The van der Waals surface area contributed by atoms with Gasteiger partial charge in [0.05, 0.1) is 11.9 Å². The first-order valence-corrected chi connectivity index (χ1v) is 16.3. The molecule has 0 saturated heterocycles. The molecule has 2 atom stereocenters. The zero-order valence-electron chi connectivity index (χ0n) is 27.9. The second kappa shape index (κ2) is 18.9. The number of nitrogens with two attached hydrogens (primary N) is 2. The molecule has 0 aliphatic carbocycles. The van der Waals surface area contributed by atoms with Crippen molar-refractivity contribution in [2.45, 2.75) is 90.5 Å². The first-order valence-electron chi connectivity index (χ1n) is 16.3. The SMILES string of the molecule is Cc1nc2ncc(CCc3ccc(C(=O)CCCC(=O)CCCC(=O)C[C@@H](CCCN=C(N)N)C(=O)N[C@@H](C)C(=O)O)cc3)nc2c(=O)[nH]1. The lowest BCUT2D eigenvalue weighted by atomic mass is 9.93. The molecule has 0 aliphatic heterocycles. The molecule has 0 bridgehead atoms. The Kier molecular flexibility index (Phi) is 14.7. The smallest absolute Gasteiger partial charge is 0.325 e. The molecular weight excluding hydrogens is 632 g/mol. The molecule has 3 aromatic rings. The van der Waals surface area contributed by atoms with E-state index in [4.69, 9.17) is 16.6 Å². The van der Waals surface area contributed by atoms with Gasteiger partial charge in [-0.15, -0.1) is 0 Å². The normalized spacial score (nSPS) is 12.2. The fourth-order valence-electron chi connectivity index (χ4n) is 5.15. The molecule has 49 heavy (non-hydrogen) atoms. The Morgan fingerprint density at radius 2 is 1.61 bits per heavy atom. The van der Waals surface area contributed by atoms with Crippen LogP contribution in [0.3, 0.4) is 0 Å². The summed E-state index contributed by atoms with van der Waals surface area (Å²) in [6.45, 7) is 3.28. The van der Waals surface area contributed by atoms with E-state index in [-0.39, 0.29) is 79.5 Å². The van der Waals surface area contributed by atoms with E-state index in [0.29, 0.717) is 54.8 Å². The van der Waals surface area contributed by atoms with Gasteiger partial charge in [0.1, 0.15) is 23.4 Å². The average molecular weight is 677 g/mol. The van der Waals surface area contributed by atoms with Gasteiger partial charge in [0, 0.05) is 50.1 Å². The minimum absolute atomic E-state index is 0.0533. The topological polar surface area (TPSA) is 254 Å². The first kappa shape index (κ1) is 38.1. The number of amides is 1. The lowest BCUT2D eigenvalue weighted by Gasteiger charge is -2.18. The minimum atomic E-state index is -1.19. The third-order valence-corrected chi connectivity index (χ3v) is 7.88. The van der Waals surface area contributed by atoms with Crippen molar-refractivity contribution in [1.29, 1.82) is 0 Å². The molecule has 0 saturated carbocycles. The second-order valence-corrected chi connectivity index (χ2v) is 12.0. The Bertz CT molecular complexity index is 1730. The number of hydrogen-bond acceptors (Lipinski definition) is 10. The van der Waals surface area contributed by atoms with Gasteiger partial charge in [-0.2, -0.15) is 0 Å². The summed E-state index contributed by atoms with van der Waals surface area (Å²) in [5, 5.41) is 11.5. The molecule has 0 unspecified atom stereocenters. The number of Topliss-reactive ketones (excluding diaryl/α,β-unsaturated/α-hetero) is 3. The van der Waals surface area contributed by atoms with Crippen LogP contribution in [0, 0.1) is 12.8 Å². The molecule has 262 valence electrons. The Hall–Kier alpha value is -5.34. The number of H-pyrrole nitrogens is 1. The zero-order chi connectivity index (χ0) is 35.9. The number of fused-ring (bicyclic) bond motifs is 1. The maximum Gasteiger partial charge on any atom is 0.325 e. The molecule has 15 nitrogen and oxygen atoms in total. The molecule has 2 aromatic heterocycles. The highest BCUT2D eigenvalue weighted by molar-refractivity contribution is 5.96. The number of nitrogens with one attached hydrogen (secondary N) is 2. The number of aromatic amines is 1. The van der Waals surface area contributed by atoms with Crippen LogP contribution in [0.1, 0.15) is 92.2 Å². The standard InChI is InChI=1S/C34H44N8O7/c1-20(33(48)49)39-31(46)24(6-5-17-37-34(35)36)18-27(44)9-3-7-26(43)8-4-10-28(45)23-14-11-22(12-15-23)13-16-25-19-38-30-29(42-25)32(47)41-21(2)40-30/h11-12,14-15,19-20,24H,3-10,13,16-18H2,1-2H3,(H,39,46)(H,48,49)(H4,35,36,37)(H,38,40,41,47)/t20-,24+/m0/s1. The largest absolute Gasteiger partial charge is 0.480 e. The second-order valence-electron chi connectivity index (χ2n) is 12.0. The number of aliphatic carboxylic acids is 1. The number of carbonyl (C=O) groups excluding carboxylic acids is 4. The third kappa shape index (κ3) is 13.0. The fraction of sp³-hybridized carbons (Fsp3) is 0.471. The van der Waals surface area contributed by atoms with Gasteiger partial charge in [0.2, 0.25) is 5.91 Å². The van der Waals surface area contributed by atoms with Crippen LogP contribution in [0.5, 0.6) is 0 Å². The van der Waals surface area contributed by atoms with Crippen molar-refractivity contribution in [2.75, 3.05) is 6.54 Å². The Labute approximate surface area is 283 Å². The molecule has 0 radical (unpaired) electrons. The predicted octanol–water partition coefficient (Wildman–Crippen LogP) is 2.12. The van der Waals surface area contributed by atoms with E-state index in [1.165, 1.54) is 6.92 Å². The highest BCUT2D eigenvalue weighted by Gasteiger charge is 2.24. The summed E-state index contributed by atoms with van der Waals surface area (Å²) in [5.74, 6) is -2.41. The quantitative estimate of drug-likeness (QED) is 0.0471. The van der Waals surface area contributed by atoms with E-state index < -0.39 is 23.8 Å². The maximum absolute atomic E-state index is 12.7. The van der Waals surface area contributed by atoms with Crippen molar-refractivity contribution in [3.05, 3.63) is 63.5 Å². The van der Waals surface area contributed by atoms with E-state index in [1.807, 2.05) is 12.1 Å². The van der Waals surface area contributed by atoms with Gasteiger partial charge >= 0.3 is 5.97 Å². The molecule has 0 aliphatic rings. The number of rotatable bonds is 21. The summed E-state index contributed by atoms with van der Waals surface area (Å²) in [5.41, 5.74) is 13.0. The molecule has 0 spiro atoms. The van der Waals surface area contributed by atoms with E-state index in [9.17, 15) is 28.8 Å². The Balaban J connectivity index is 1.37. The average Bonchev–Trinajstić information content (AvgIpc) is 3.05. The number of ketones is 3. The van der Waals surface area contributed by atoms with Crippen LogP contribution < -0.4 is 22.3 Å². The number of aliphatic imine (C=N–C) groups is 1. The predicted molar refractivity (Wildman–Crippen MR) is 182 cm³/mol. The van der Waals surface area contributed by atoms with Crippen LogP contribution in [0.15, 0.2) is 40.2 Å². The molecule has 0 fully saturated rings. The number of aromatic nitrogens is 4. The molecular formula is C34H44N8O7. The van der Waals surface area contributed by atoms with E-state index in [2.05, 4.69) is 30.2 Å². The van der Waals surface area contributed by atoms with E-state index >= 15 is 0 Å². The van der Waals surface area contributed by atoms with Gasteiger partial charge < -0.3 is 26.9 Å². The number of benzene rings is 1. The summed E-state index contributed by atoms with van der Waals surface area (Å²) in [7, 11) is 0. The van der Waals surface area contributed by atoms with Crippen LogP contribution in [0.25, 0.3) is 11.2 Å². The van der Waals surface area contributed by atoms with E-state index in [1.54, 1.807) is 25.3 Å². The minimum Gasteiger partial charge on any atom is -0.480 e. The summed E-state index contributed by atoms with van der Waals surface area (Å²) in [6.07, 6.45) is 4.85. The van der Waals surface area contributed by atoms with Crippen molar-refractivity contribution in [2.24, 2.45) is 22.4 Å². The molecule has 15 heteroatoms. The van der Waals surface area contributed by atoms with Crippen molar-refractivity contribution < 1.29 is 29.1 Å². The Morgan fingerprint density at radius 1 is 0.939 bits per heavy atom. The lowest BCUT2D eigenvalue weighted by Crippen LogP contribution is -2.42. The fourth-order valence-corrected chi connectivity index (χ4v) is 5.15. The maximum atomic E-state index is 12.7. The summed E-state index contributed by atoms with van der Waals surface area (Å²) in [6, 6.07) is 6.14. The number of carboxylic acid groups (broad SMARTS) is 1. The summed E-state index contributed by atoms with van der Waals surface area (Å²) < 4.78 is 0. The Morgan fingerprint density at radius 3 is 2.29 bits per heavy atom. The van der Waals surface area contributed by atoms with Crippen LogP contribution in [-0.2, 0) is 32.0 Å². The van der Waals surface area contributed by atoms with Crippen LogP contribution in [0.2, 0.25) is 0 Å². The summed E-state index contributed by atoms with van der Waals surface area (Å²) >= 11 is 0. The molecule has 2 heterocycles. The van der Waals surface area contributed by atoms with Crippen LogP contribution in [0.4, 0.5) is 0 Å². The molecule has 3 rings (SSSR count). The van der Waals surface area contributed by atoms with Gasteiger partial charge in [-0.05, 0) is 57.9 Å². The lowest BCUT2D eigenvalue weighted by molar-refractivity contribution is -0.142. The van der Waals surface area contributed by atoms with Gasteiger partial charge in [0.15, 0.2) is 22.9 Å². The highest BCUT2D eigenvalue weighted by Crippen LogP contribution is 2.17. The van der Waals surface area contributed by atoms with Gasteiger partial charge in [-0.1, -0.05) is 24.3 Å². The van der Waals surface area contributed by atoms with Gasteiger partial charge in [0.25, 0.3) is 5.56 Å². The zero-order valence-corrected chi connectivity index (χ0v) is 27.9. The number of hydrogen-bond donors (Lipinski definition) is 5. The first-order chi connectivity index (χ1) is 23.3. The van der Waals surface area contributed by atoms with Crippen LogP contribution in [-0.4, -0.2) is 72.8 Å². The molecule has 1 aromatic carbocycles. The van der Waals surface area contributed by atoms with Gasteiger partial charge in [-0.25, -0.2) is 15.0 Å².